The molecule has 1 aliphatic carbocycles. The first-order chi connectivity index (χ1) is 8.63. The predicted octanol–water partition coefficient (Wildman–Crippen LogP) is 3.20. The van der Waals surface area contributed by atoms with E-state index in [1.165, 1.54) is 12.8 Å². The van der Waals surface area contributed by atoms with E-state index in [-0.39, 0.29) is 0 Å². The molecule has 0 spiro atoms. The van der Waals surface area contributed by atoms with Gasteiger partial charge in [-0.15, -0.1) is 0 Å². The summed E-state index contributed by atoms with van der Waals surface area (Å²) in [6.07, 6.45) is 6.15. The van der Waals surface area contributed by atoms with Gasteiger partial charge in [-0.1, -0.05) is 23.4 Å². The Bertz CT molecular complexity index is 592. The lowest BCUT2D eigenvalue weighted by Crippen LogP contribution is -1.98. The Morgan fingerprint density at radius 3 is 2.78 bits per heavy atom. The van der Waals surface area contributed by atoms with E-state index in [9.17, 15) is 0 Å². The molecule has 3 rings (SSSR count). The van der Waals surface area contributed by atoms with Crippen LogP contribution in [0, 0.1) is 6.92 Å². The molecule has 0 aromatic carbocycles. The van der Waals surface area contributed by atoms with E-state index in [4.69, 9.17) is 11.6 Å². The molecule has 1 aliphatic rings. The molecule has 0 amide bonds. The van der Waals surface area contributed by atoms with Crippen LogP contribution in [0.5, 0.6) is 0 Å². The van der Waals surface area contributed by atoms with Crippen molar-refractivity contribution in [2.75, 3.05) is 0 Å². The number of hydrogen-bond acceptors (Lipinski definition) is 4. The van der Waals surface area contributed by atoms with E-state index >= 15 is 0 Å². The Labute approximate surface area is 115 Å². The van der Waals surface area contributed by atoms with Gasteiger partial charge in [-0.3, -0.25) is 4.68 Å². The quantitative estimate of drug-likeness (QED) is 0.810. The second kappa shape index (κ2) is 4.55. The molecule has 94 valence electrons. The Morgan fingerprint density at radius 1 is 1.39 bits per heavy atom. The van der Waals surface area contributed by atoms with Crippen molar-refractivity contribution in [2.45, 2.75) is 35.6 Å². The minimum Gasteiger partial charge on any atom is -0.275 e. The van der Waals surface area contributed by atoms with Crippen molar-refractivity contribution in [3.8, 4) is 0 Å². The molecule has 0 saturated heterocycles. The monoisotopic (exact) mass is 280 g/mol. The predicted molar refractivity (Wildman–Crippen MR) is 71.1 cm³/mol. The maximum absolute atomic E-state index is 6.18. The Balaban J connectivity index is 1.94. The summed E-state index contributed by atoms with van der Waals surface area (Å²) in [5.41, 5.74) is 0.940. The zero-order valence-corrected chi connectivity index (χ0v) is 11.8. The van der Waals surface area contributed by atoms with Crippen LogP contribution in [0.2, 0.25) is 5.15 Å². The van der Waals surface area contributed by atoms with Crippen molar-refractivity contribution in [1.82, 2.24) is 19.7 Å². The van der Waals surface area contributed by atoms with Crippen molar-refractivity contribution in [3.05, 3.63) is 28.9 Å². The summed E-state index contributed by atoms with van der Waals surface area (Å²) in [5, 5.41) is 5.66. The lowest BCUT2D eigenvalue weighted by atomic mass is 10.3. The Hall–Kier alpha value is -1.07. The maximum atomic E-state index is 6.18. The summed E-state index contributed by atoms with van der Waals surface area (Å²) < 4.78 is 1.78. The molecule has 0 unspecified atom stereocenters. The summed E-state index contributed by atoms with van der Waals surface area (Å²) in [4.78, 5) is 10.1. The van der Waals surface area contributed by atoms with Gasteiger partial charge in [-0.25, -0.2) is 9.97 Å². The first kappa shape index (κ1) is 12.0. The second-order valence-electron chi connectivity index (χ2n) is 4.53. The number of hydrogen-bond donors (Lipinski definition) is 0. The van der Waals surface area contributed by atoms with Crippen LogP contribution in [0.1, 0.15) is 30.1 Å². The molecular formula is C12H13ClN4S. The third kappa shape index (κ3) is 2.37. The molecule has 2 heterocycles. The molecule has 0 N–H and O–H groups in total. The summed E-state index contributed by atoms with van der Waals surface area (Å²) >= 11 is 7.77. The number of aryl methyl sites for hydroxylation is 1. The number of aromatic nitrogens is 4. The average Bonchev–Trinajstić information content (AvgIpc) is 3.10. The van der Waals surface area contributed by atoms with Crippen molar-refractivity contribution in [2.24, 2.45) is 7.05 Å². The standard InChI is InChI=1S/C12H13ClN4S/c1-7-10(13)15-11(8-3-4-8)16-12(7)18-9-5-14-17(2)6-9/h5-6,8H,3-4H2,1-2H3. The fourth-order valence-electron chi connectivity index (χ4n) is 1.67. The molecule has 4 nitrogen and oxygen atoms in total. The fraction of sp³-hybridized carbons (Fsp3) is 0.417. The lowest BCUT2D eigenvalue weighted by molar-refractivity contribution is 0.766. The van der Waals surface area contributed by atoms with Crippen molar-refractivity contribution >= 4 is 23.4 Å². The van der Waals surface area contributed by atoms with E-state index in [2.05, 4.69) is 15.1 Å². The van der Waals surface area contributed by atoms with Crippen LogP contribution in [-0.2, 0) is 7.05 Å². The van der Waals surface area contributed by atoms with E-state index in [1.54, 1.807) is 16.4 Å². The van der Waals surface area contributed by atoms with E-state index < -0.39 is 0 Å². The van der Waals surface area contributed by atoms with Gasteiger partial charge in [0.15, 0.2) is 0 Å². The van der Waals surface area contributed by atoms with Crippen LogP contribution in [0.3, 0.4) is 0 Å². The highest BCUT2D eigenvalue weighted by molar-refractivity contribution is 7.99. The summed E-state index contributed by atoms with van der Waals surface area (Å²) in [5.74, 6) is 1.40. The van der Waals surface area contributed by atoms with Crippen molar-refractivity contribution in [1.29, 1.82) is 0 Å². The number of halogens is 1. The molecule has 0 radical (unpaired) electrons. The van der Waals surface area contributed by atoms with Crippen LogP contribution in [-0.4, -0.2) is 19.7 Å². The largest absolute Gasteiger partial charge is 0.275 e. The molecule has 1 saturated carbocycles. The normalized spacial score (nSPS) is 15.1. The van der Waals surface area contributed by atoms with Gasteiger partial charge in [-0.2, -0.15) is 5.10 Å². The zero-order chi connectivity index (χ0) is 12.7. The van der Waals surface area contributed by atoms with Crippen LogP contribution < -0.4 is 0 Å². The molecule has 2 aromatic heterocycles. The van der Waals surface area contributed by atoms with Gasteiger partial charge in [0.05, 0.1) is 11.1 Å². The maximum Gasteiger partial charge on any atom is 0.136 e. The Morgan fingerprint density at radius 2 is 2.17 bits per heavy atom. The van der Waals surface area contributed by atoms with E-state index in [0.717, 1.165) is 21.3 Å². The second-order valence-corrected chi connectivity index (χ2v) is 5.95. The van der Waals surface area contributed by atoms with E-state index in [1.807, 2.05) is 26.4 Å². The number of nitrogens with zero attached hydrogens (tertiary/aromatic N) is 4. The van der Waals surface area contributed by atoms with E-state index in [0.29, 0.717) is 11.1 Å². The molecule has 0 atom stereocenters. The third-order valence-corrected chi connectivity index (χ3v) is 4.30. The van der Waals surface area contributed by atoms with Crippen molar-refractivity contribution in [3.63, 3.8) is 0 Å². The SMILES string of the molecule is Cc1c(Cl)nc(C2CC2)nc1Sc1cnn(C)c1. The van der Waals surface area contributed by atoms with Crippen LogP contribution in [0.15, 0.2) is 22.3 Å². The van der Waals surface area contributed by atoms with Gasteiger partial charge >= 0.3 is 0 Å². The van der Waals surface area contributed by atoms with Crippen LogP contribution in [0.25, 0.3) is 0 Å². The summed E-state index contributed by atoms with van der Waals surface area (Å²) in [7, 11) is 1.90. The van der Waals surface area contributed by atoms with Gasteiger partial charge in [0.1, 0.15) is 16.0 Å². The molecule has 6 heteroatoms. The average molecular weight is 281 g/mol. The molecular weight excluding hydrogens is 268 g/mol. The van der Waals surface area contributed by atoms with Gasteiger partial charge in [0, 0.05) is 24.7 Å². The minimum absolute atomic E-state index is 0.511. The van der Waals surface area contributed by atoms with Crippen LogP contribution in [0.4, 0.5) is 0 Å². The first-order valence-electron chi connectivity index (χ1n) is 5.84. The van der Waals surface area contributed by atoms with Gasteiger partial charge in [0.25, 0.3) is 0 Å². The molecule has 0 aliphatic heterocycles. The molecule has 1 fully saturated rings. The van der Waals surface area contributed by atoms with Gasteiger partial charge in [-0.05, 0) is 19.8 Å². The van der Waals surface area contributed by atoms with Crippen LogP contribution >= 0.6 is 23.4 Å². The highest BCUT2D eigenvalue weighted by atomic mass is 35.5. The lowest BCUT2D eigenvalue weighted by Gasteiger charge is -2.07. The topological polar surface area (TPSA) is 43.6 Å². The fourth-order valence-corrected chi connectivity index (χ4v) is 2.82. The van der Waals surface area contributed by atoms with Crippen molar-refractivity contribution < 1.29 is 0 Å². The van der Waals surface area contributed by atoms with Gasteiger partial charge in [0.2, 0.25) is 0 Å². The summed E-state index contributed by atoms with van der Waals surface area (Å²) in [6.45, 7) is 1.96. The zero-order valence-electron chi connectivity index (χ0n) is 10.2. The molecule has 18 heavy (non-hydrogen) atoms. The Kier molecular flexibility index (Phi) is 3.03. The smallest absolute Gasteiger partial charge is 0.136 e. The van der Waals surface area contributed by atoms with Gasteiger partial charge < -0.3 is 0 Å². The highest BCUT2D eigenvalue weighted by Crippen LogP contribution is 2.40. The highest BCUT2D eigenvalue weighted by Gasteiger charge is 2.28. The minimum atomic E-state index is 0.511. The molecule has 0 bridgehead atoms. The summed E-state index contributed by atoms with van der Waals surface area (Å²) in [6, 6.07) is 0. The number of rotatable bonds is 3. The third-order valence-electron chi connectivity index (χ3n) is 2.90. The first-order valence-corrected chi connectivity index (χ1v) is 7.03. The molecule has 2 aromatic rings.